The Labute approximate surface area is 135 Å². The minimum atomic E-state index is -0.446. The summed E-state index contributed by atoms with van der Waals surface area (Å²) >= 11 is 0. The molecular formula is C18H18N2O3. The molecule has 0 fully saturated rings. The molecule has 0 saturated carbocycles. The van der Waals surface area contributed by atoms with Crippen LogP contribution in [0.1, 0.15) is 29.5 Å². The maximum Gasteiger partial charge on any atom is 0.269 e. The second-order valence-corrected chi connectivity index (χ2v) is 5.23. The van der Waals surface area contributed by atoms with Gasteiger partial charge in [-0.1, -0.05) is 31.2 Å². The summed E-state index contributed by atoms with van der Waals surface area (Å²) in [4.78, 5) is 10.3. The van der Waals surface area contributed by atoms with E-state index in [0.717, 1.165) is 23.3 Å². The number of benzene rings is 2. The lowest BCUT2D eigenvalue weighted by Crippen LogP contribution is -2.03. The Morgan fingerprint density at radius 3 is 2.48 bits per heavy atom. The number of non-ortho nitro benzene ring substituents is 1. The van der Waals surface area contributed by atoms with Gasteiger partial charge >= 0.3 is 0 Å². The third-order valence-corrected chi connectivity index (χ3v) is 3.84. The summed E-state index contributed by atoms with van der Waals surface area (Å²) in [5.74, 6) is 0.376. The predicted molar refractivity (Wildman–Crippen MR) is 87.5 cm³/mol. The molecule has 5 heteroatoms. The summed E-state index contributed by atoms with van der Waals surface area (Å²) in [6, 6.07) is 14.4. The second-order valence-electron chi connectivity index (χ2n) is 5.23. The van der Waals surface area contributed by atoms with E-state index in [1.165, 1.54) is 17.7 Å². The Morgan fingerprint density at radius 1 is 1.26 bits per heavy atom. The van der Waals surface area contributed by atoms with Crippen LogP contribution in [0.15, 0.2) is 42.5 Å². The lowest BCUT2D eigenvalue weighted by atomic mass is 9.91. The molecule has 0 bridgehead atoms. The zero-order valence-corrected chi connectivity index (χ0v) is 13.2. The molecule has 0 radical (unpaired) electrons. The molecule has 0 N–H and O–H groups in total. The van der Waals surface area contributed by atoms with E-state index in [9.17, 15) is 15.4 Å². The fourth-order valence-electron chi connectivity index (χ4n) is 2.50. The Hall–Kier alpha value is -2.87. The summed E-state index contributed by atoms with van der Waals surface area (Å²) in [5.41, 5.74) is 2.94. The number of methoxy groups -OCH3 is 1. The van der Waals surface area contributed by atoms with Crippen molar-refractivity contribution in [2.24, 2.45) is 0 Å². The quantitative estimate of drug-likeness (QED) is 0.596. The van der Waals surface area contributed by atoms with Crippen LogP contribution in [0, 0.1) is 21.4 Å². The van der Waals surface area contributed by atoms with Crippen molar-refractivity contribution in [1.82, 2.24) is 0 Å². The number of hydrogen-bond donors (Lipinski definition) is 0. The number of hydrogen-bond acceptors (Lipinski definition) is 4. The van der Waals surface area contributed by atoms with Gasteiger partial charge in [-0.3, -0.25) is 10.1 Å². The molecule has 0 spiro atoms. The molecule has 1 atom stereocenters. The number of aryl methyl sites for hydroxylation is 1. The topological polar surface area (TPSA) is 76.2 Å². The molecule has 2 aromatic rings. The van der Waals surface area contributed by atoms with Crippen LogP contribution in [0.4, 0.5) is 5.69 Å². The van der Waals surface area contributed by atoms with Gasteiger partial charge in [0.1, 0.15) is 5.75 Å². The maximum atomic E-state index is 10.7. The summed E-state index contributed by atoms with van der Waals surface area (Å²) in [5, 5.41) is 20.2. The molecule has 0 saturated heterocycles. The highest BCUT2D eigenvalue weighted by molar-refractivity contribution is 5.41. The van der Waals surface area contributed by atoms with E-state index in [1.807, 2.05) is 12.1 Å². The van der Waals surface area contributed by atoms with Crippen LogP contribution in [0.2, 0.25) is 0 Å². The smallest absolute Gasteiger partial charge is 0.269 e. The molecule has 0 heterocycles. The fourth-order valence-corrected chi connectivity index (χ4v) is 2.50. The van der Waals surface area contributed by atoms with Crippen molar-refractivity contribution in [3.63, 3.8) is 0 Å². The summed E-state index contributed by atoms with van der Waals surface area (Å²) in [7, 11) is 1.61. The van der Waals surface area contributed by atoms with Gasteiger partial charge in [0, 0.05) is 12.1 Å². The van der Waals surface area contributed by atoms with E-state index in [2.05, 4.69) is 19.1 Å². The van der Waals surface area contributed by atoms with Gasteiger partial charge in [-0.05, 0) is 35.6 Å². The Kier molecular flexibility index (Phi) is 5.32. The third kappa shape index (κ3) is 3.86. The van der Waals surface area contributed by atoms with Crippen molar-refractivity contribution in [1.29, 1.82) is 5.26 Å². The first-order valence-corrected chi connectivity index (χ1v) is 7.38. The third-order valence-electron chi connectivity index (χ3n) is 3.84. The van der Waals surface area contributed by atoms with Crippen LogP contribution in [-0.2, 0) is 12.8 Å². The molecule has 2 aromatic carbocycles. The first kappa shape index (κ1) is 16.5. The van der Waals surface area contributed by atoms with Crippen LogP contribution in [0.25, 0.3) is 0 Å². The first-order valence-electron chi connectivity index (χ1n) is 7.38. The fraction of sp³-hybridized carbons (Fsp3) is 0.278. The van der Waals surface area contributed by atoms with Gasteiger partial charge in [-0.25, -0.2) is 0 Å². The van der Waals surface area contributed by atoms with Gasteiger partial charge in [-0.15, -0.1) is 0 Å². The predicted octanol–water partition coefficient (Wildman–Crippen LogP) is 4.02. The second kappa shape index (κ2) is 7.41. The molecule has 0 aliphatic rings. The SMILES string of the molecule is CCc1ccc(OC)c(CC(C#N)c2ccc([N+](=O)[O-])cc2)c1. The summed E-state index contributed by atoms with van der Waals surface area (Å²) < 4.78 is 5.38. The first-order chi connectivity index (χ1) is 11.1. The van der Waals surface area contributed by atoms with Gasteiger partial charge in [0.15, 0.2) is 0 Å². The van der Waals surface area contributed by atoms with E-state index in [1.54, 1.807) is 19.2 Å². The molecule has 0 aromatic heterocycles. The highest BCUT2D eigenvalue weighted by atomic mass is 16.6. The van der Waals surface area contributed by atoms with Crippen molar-refractivity contribution >= 4 is 5.69 Å². The van der Waals surface area contributed by atoms with Crippen LogP contribution in [0.5, 0.6) is 5.75 Å². The van der Waals surface area contributed by atoms with E-state index in [4.69, 9.17) is 4.74 Å². The largest absolute Gasteiger partial charge is 0.496 e. The Morgan fingerprint density at radius 2 is 1.96 bits per heavy atom. The van der Waals surface area contributed by atoms with Gasteiger partial charge in [0.25, 0.3) is 5.69 Å². The van der Waals surface area contributed by atoms with Gasteiger partial charge in [0.05, 0.1) is 24.0 Å². The minimum Gasteiger partial charge on any atom is -0.496 e. The van der Waals surface area contributed by atoms with Crippen molar-refractivity contribution in [2.45, 2.75) is 25.7 Å². The lowest BCUT2D eigenvalue weighted by Gasteiger charge is -2.14. The van der Waals surface area contributed by atoms with E-state index >= 15 is 0 Å². The monoisotopic (exact) mass is 310 g/mol. The Balaban J connectivity index is 2.29. The molecule has 2 rings (SSSR count). The molecule has 1 unspecified atom stereocenters. The number of nitrogens with zero attached hydrogens (tertiary/aromatic N) is 2. The number of nitro benzene ring substituents is 1. The van der Waals surface area contributed by atoms with E-state index < -0.39 is 4.92 Å². The average Bonchev–Trinajstić information content (AvgIpc) is 2.59. The molecule has 0 aliphatic heterocycles. The van der Waals surface area contributed by atoms with Crippen LogP contribution in [0.3, 0.4) is 0 Å². The average molecular weight is 310 g/mol. The number of ether oxygens (including phenoxy) is 1. The molecule has 23 heavy (non-hydrogen) atoms. The number of nitriles is 1. The van der Waals surface area contributed by atoms with Crippen molar-refractivity contribution in [3.8, 4) is 11.8 Å². The minimum absolute atomic E-state index is 0.0241. The Bertz CT molecular complexity index is 733. The van der Waals surface area contributed by atoms with Crippen LogP contribution in [-0.4, -0.2) is 12.0 Å². The zero-order chi connectivity index (χ0) is 16.8. The van der Waals surface area contributed by atoms with Crippen LogP contribution < -0.4 is 4.74 Å². The molecule has 0 aliphatic carbocycles. The lowest BCUT2D eigenvalue weighted by molar-refractivity contribution is -0.384. The standard InChI is InChI=1S/C18H18N2O3/c1-3-13-4-9-18(23-2)15(10-13)11-16(12-19)14-5-7-17(8-6-14)20(21)22/h4-10,16H,3,11H2,1-2H3. The molecule has 118 valence electrons. The van der Waals surface area contributed by atoms with Gasteiger partial charge < -0.3 is 4.74 Å². The normalized spacial score (nSPS) is 11.5. The van der Waals surface area contributed by atoms with Crippen LogP contribution >= 0.6 is 0 Å². The van der Waals surface area contributed by atoms with E-state index in [-0.39, 0.29) is 11.6 Å². The van der Waals surface area contributed by atoms with Crippen molar-refractivity contribution < 1.29 is 9.66 Å². The zero-order valence-electron chi connectivity index (χ0n) is 13.2. The highest BCUT2D eigenvalue weighted by Crippen LogP contribution is 2.28. The summed E-state index contributed by atoms with van der Waals surface area (Å²) in [6.07, 6.45) is 1.41. The maximum absolute atomic E-state index is 10.7. The molecule has 5 nitrogen and oxygen atoms in total. The summed E-state index contributed by atoms with van der Waals surface area (Å²) in [6.45, 7) is 2.07. The highest BCUT2D eigenvalue weighted by Gasteiger charge is 2.16. The van der Waals surface area contributed by atoms with E-state index in [0.29, 0.717) is 6.42 Å². The molecular weight excluding hydrogens is 292 g/mol. The molecule has 0 amide bonds. The van der Waals surface area contributed by atoms with Gasteiger partial charge in [-0.2, -0.15) is 5.26 Å². The van der Waals surface area contributed by atoms with Gasteiger partial charge in [0.2, 0.25) is 0 Å². The number of nitro groups is 1. The van der Waals surface area contributed by atoms with Crippen molar-refractivity contribution in [3.05, 3.63) is 69.3 Å². The van der Waals surface area contributed by atoms with Crippen molar-refractivity contribution in [2.75, 3.05) is 7.11 Å². The number of rotatable bonds is 6.